The second-order valence-corrected chi connectivity index (χ2v) is 6.52. The van der Waals surface area contributed by atoms with Gasteiger partial charge in [-0.15, -0.1) is 0 Å². The Morgan fingerprint density at radius 1 is 1.19 bits per heavy atom. The van der Waals surface area contributed by atoms with E-state index in [4.69, 9.17) is 4.74 Å². The summed E-state index contributed by atoms with van der Waals surface area (Å²) in [6.45, 7) is 0.182. The number of carbonyl (C=O) groups is 2. The molecule has 2 N–H and O–H groups in total. The van der Waals surface area contributed by atoms with E-state index in [9.17, 15) is 27.9 Å². The van der Waals surface area contributed by atoms with Crippen molar-refractivity contribution in [3.63, 3.8) is 0 Å². The van der Waals surface area contributed by atoms with Crippen molar-refractivity contribution in [3.8, 4) is 5.75 Å². The van der Waals surface area contributed by atoms with Crippen molar-refractivity contribution in [2.45, 2.75) is 38.3 Å². The predicted molar refractivity (Wildman–Crippen MR) is 93.6 cm³/mol. The van der Waals surface area contributed by atoms with Crippen LogP contribution in [0, 0.1) is 5.92 Å². The van der Waals surface area contributed by atoms with Crippen LogP contribution in [0.1, 0.15) is 48.0 Å². The lowest BCUT2D eigenvalue weighted by molar-refractivity contribution is -0.173. The van der Waals surface area contributed by atoms with E-state index in [2.05, 4.69) is 0 Å². The molecular weight excluding hydrogens is 363 g/mol. The van der Waals surface area contributed by atoms with Gasteiger partial charge in [-0.25, -0.2) is 4.79 Å². The maximum absolute atomic E-state index is 12.1. The second-order valence-electron chi connectivity index (χ2n) is 6.52. The summed E-state index contributed by atoms with van der Waals surface area (Å²) in [7, 11) is 0. The maximum atomic E-state index is 12.1. The summed E-state index contributed by atoms with van der Waals surface area (Å²) in [5, 5.41) is 10.9. The fraction of sp³-hybridized carbons (Fsp3) is 0.474. The van der Waals surface area contributed by atoms with Crippen LogP contribution in [0.15, 0.2) is 24.3 Å². The first-order chi connectivity index (χ1) is 12.8. The van der Waals surface area contributed by atoms with Crippen LogP contribution < -0.4 is 10.1 Å². The standard InChI is InChI=1S/C19H22F3NO4/c20-19(21,22)18(26)23-8-4-7-14-9-15(17(24)25)11-16(10-14)27-12-13-5-2-1-3-6-13/h4,7,9-11,13H,1-3,5-6,8,12H2,(H,23,26)(H,24,25)/b7-4+. The van der Waals surface area contributed by atoms with Crippen molar-refractivity contribution in [2.24, 2.45) is 5.92 Å². The summed E-state index contributed by atoms with van der Waals surface area (Å²) in [5.74, 6) is -2.30. The molecule has 1 amide bonds. The van der Waals surface area contributed by atoms with Gasteiger partial charge in [-0.3, -0.25) is 4.79 Å². The summed E-state index contributed by atoms with van der Waals surface area (Å²) in [6, 6.07) is 4.43. The molecule has 5 nitrogen and oxygen atoms in total. The summed E-state index contributed by atoms with van der Waals surface area (Å²) in [4.78, 5) is 22.0. The van der Waals surface area contributed by atoms with Gasteiger partial charge in [0.1, 0.15) is 5.75 Å². The fourth-order valence-corrected chi connectivity index (χ4v) is 2.94. The lowest BCUT2D eigenvalue weighted by Crippen LogP contribution is -2.36. The average molecular weight is 385 g/mol. The monoisotopic (exact) mass is 385 g/mol. The van der Waals surface area contributed by atoms with Crippen molar-refractivity contribution in [1.29, 1.82) is 0 Å². The summed E-state index contributed by atoms with van der Waals surface area (Å²) in [5.41, 5.74) is 0.491. The topological polar surface area (TPSA) is 75.6 Å². The Morgan fingerprint density at radius 2 is 1.89 bits per heavy atom. The van der Waals surface area contributed by atoms with Crippen LogP contribution in [0.5, 0.6) is 5.75 Å². The number of rotatable bonds is 7. The SMILES string of the molecule is O=C(O)c1cc(/C=C/CNC(=O)C(F)(F)F)cc(OCC2CCCCC2)c1. The number of nitrogens with one attached hydrogen (secondary N) is 1. The van der Waals surface area contributed by atoms with Gasteiger partial charge in [0.25, 0.3) is 0 Å². The molecule has 0 radical (unpaired) electrons. The quantitative estimate of drug-likeness (QED) is 0.743. The molecule has 1 aromatic carbocycles. The number of carboxylic acid groups (broad SMARTS) is 1. The highest BCUT2D eigenvalue weighted by atomic mass is 19.4. The van der Waals surface area contributed by atoms with Gasteiger partial charge in [-0.1, -0.05) is 31.4 Å². The predicted octanol–water partition coefficient (Wildman–Crippen LogP) is 4.04. The summed E-state index contributed by atoms with van der Waals surface area (Å²) in [6.07, 6.45) is 3.56. The van der Waals surface area contributed by atoms with Crippen molar-refractivity contribution in [3.05, 3.63) is 35.4 Å². The van der Waals surface area contributed by atoms with E-state index >= 15 is 0 Å². The first kappa shape index (κ1) is 20.8. The van der Waals surface area contributed by atoms with Gasteiger partial charge in [0.15, 0.2) is 0 Å². The van der Waals surface area contributed by atoms with Gasteiger partial charge in [0, 0.05) is 6.54 Å². The molecular formula is C19H22F3NO4. The zero-order chi connectivity index (χ0) is 19.9. The smallest absolute Gasteiger partial charge is 0.471 e. The van der Waals surface area contributed by atoms with Crippen molar-refractivity contribution in [1.82, 2.24) is 5.32 Å². The van der Waals surface area contributed by atoms with Crippen LogP contribution >= 0.6 is 0 Å². The number of amides is 1. The molecule has 0 heterocycles. The number of halogens is 3. The van der Waals surface area contributed by atoms with Gasteiger partial charge in [0.2, 0.25) is 0 Å². The Morgan fingerprint density at radius 3 is 2.52 bits per heavy atom. The van der Waals surface area contributed by atoms with Crippen molar-refractivity contribution < 1.29 is 32.6 Å². The lowest BCUT2D eigenvalue weighted by atomic mass is 9.90. The Kier molecular flexibility index (Phi) is 7.27. The second kappa shape index (κ2) is 9.43. The van der Waals surface area contributed by atoms with Crippen molar-refractivity contribution in [2.75, 3.05) is 13.2 Å². The fourth-order valence-electron chi connectivity index (χ4n) is 2.94. The molecule has 148 valence electrons. The van der Waals surface area contributed by atoms with Gasteiger partial charge >= 0.3 is 18.1 Å². The molecule has 0 saturated heterocycles. The minimum absolute atomic E-state index is 0.0233. The minimum atomic E-state index is -4.93. The van der Waals surface area contributed by atoms with E-state index < -0.39 is 18.1 Å². The largest absolute Gasteiger partial charge is 0.493 e. The minimum Gasteiger partial charge on any atom is -0.493 e. The van der Waals surface area contributed by atoms with E-state index in [1.165, 1.54) is 43.5 Å². The number of hydrogen-bond acceptors (Lipinski definition) is 3. The third kappa shape index (κ3) is 6.96. The molecule has 0 atom stereocenters. The third-order valence-electron chi connectivity index (χ3n) is 4.33. The molecule has 8 heteroatoms. The molecule has 1 fully saturated rings. The highest BCUT2D eigenvalue weighted by Crippen LogP contribution is 2.26. The molecule has 0 spiro atoms. The van der Waals surface area contributed by atoms with Crippen LogP contribution in [0.2, 0.25) is 0 Å². The van der Waals surface area contributed by atoms with Gasteiger partial charge in [-0.05, 0) is 42.5 Å². The Balaban J connectivity index is 2.00. The van der Waals surface area contributed by atoms with Crippen LogP contribution in [0.3, 0.4) is 0 Å². The molecule has 0 aromatic heterocycles. The van der Waals surface area contributed by atoms with E-state index in [0.717, 1.165) is 12.8 Å². The van der Waals surface area contributed by atoms with Gasteiger partial charge in [-0.2, -0.15) is 13.2 Å². The molecule has 1 aromatic rings. The number of aromatic carboxylic acids is 1. The third-order valence-corrected chi connectivity index (χ3v) is 4.33. The number of carbonyl (C=O) groups excluding carboxylic acids is 1. The Labute approximate surface area is 155 Å². The molecule has 0 bridgehead atoms. The number of ether oxygens (including phenoxy) is 1. The summed E-state index contributed by atoms with van der Waals surface area (Å²) >= 11 is 0. The molecule has 0 unspecified atom stereocenters. The van der Waals surface area contributed by atoms with E-state index in [0.29, 0.717) is 23.8 Å². The first-order valence-corrected chi connectivity index (χ1v) is 8.78. The molecule has 0 aliphatic heterocycles. The Hall–Kier alpha value is -2.51. The van der Waals surface area contributed by atoms with E-state index in [1.54, 1.807) is 11.4 Å². The van der Waals surface area contributed by atoms with E-state index in [-0.39, 0.29) is 12.1 Å². The maximum Gasteiger partial charge on any atom is 0.471 e. The Bertz CT molecular complexity index is 695. The molecule has 27 heavy (non-hydrogen) atoms. The molecule has 1 aliphatic carbocycles. The average Bonchev–Trinajstić information content (AvgIpc) is 2.63. The molecule has 1 saturated carbocycles. The first-order valence-electron chi connectivity index (χ1n) is 8.78. The van der Waals surface area contributed by atoms with Crippen molar-refractivity contribution >= 4 is 18.0 Å². The van der Waals surface area contributed by atoms with Crippen LogP contribution in [-0.2, 0) is 4.79 Å². The van der Waals surface area contributed by atoms with Gasteiger partial charge < -0.3 is 15.2 Å². The zero-order valence-corrected chi connectivity index (χ0v) is 14.7. The zero-order valence-electron chi connectivity index (χ0n) is 14.7. The van der Waals surface area contributed by atoms with Crippen LogP contribution in [-0.4, -0.2) is 36.3 Å². The number of benzene rings is 1. The van der Waals surface area contributed by atoms with Gasteiger partial charge in [0.05, 0.1) is 12.2 Å². The highest BCUT2D eigenvalue weighted by Gasteiger charge is 2.37. The van der Waals surface area contributed by atoms with Crippen LogP contribution in [0.4, 0.5) is 13.2 Å². The number of alkyl halides is 3. The van der Waals surface area contributed by atoms with E-state index in [1.807, 2.05) is 0 Å². The van der Waals surface area contributed by atoms with Crippen LogP contribution in [0.25, 0.3) is 6.08 Å². The number of hydrogen-bond donors (Lipinski definition) is 2. The molecule has 2 rings (SSSR count). The lowest BCUT2D eigenvalue weighted by Gasteiger charge is -2.21. The highest BCUT2D eigenvalue weighted by molar-refractivity contribution is 5.89. The summed E-state index contributed by atoms with van der Waals surface area (Å²) < 4.78 is 42.1. The molecule has 1 aliphatic rings. The number of carboxylic acids is 1. The normalized spacial score (nSPS) is 15.7.